The lowest BCUT2D eigenvalue weighted by Crippen LogP contribution is -2.34. The Labute approximate surface area is 110 Å². The second-order valence-electron chi connectivity index (χ2n) is 5.70. The van der Waals surface area contributed by atoms with Gasteiger partial charge in [0, 0.05) is 18.8 Å². The molecule has 0 radical (unpaired) electrons. The molecular formula is C16H24N2. The summed E-state index contributed by atoms with van der Waals surface area (Å²) in [7, 11) is 0. The number of rotatable bonds is 3. The fourth-order valence-corrected chi connectivity index (χ4v) is 3.35. The minimum absolute atomic E-state index is 0.945. The molecule has 0 unspecified atom stereocenters. The van der Waals surface area contributed by atoms with Crippen LogP contribution in [0.4, 0.5) is 5.69 Å². The first-order valence-electron chi connectivity index (χ1n) is 7.47. The Kier molecular flexibility index (Phi) is 3.84. The first-order chi connectivity index (χ1) is 8.93. The van der Waals surface area contributed by atoms with Crippen LogP contribution in [0, 0.1) is 5.92 Å². The van der Waals surface area contributed by atoms with Crippen molar-refractivity contribution in [1.29, 1.82) is 0 Å². The van der Waals surface area contributed by atoms with E-state index in [1.54, 1.807) is 5.56 Å². The predicted octanol–water partition coefficient (Wildman–Crippen LogP) is 2.83. The molecular weight excluding hydrogens is 220 g/mol. The summed E-state index contributed by atoms with van der Waals surface area (Å²) in [5.74, 6) is 0.945. The molecule has 0 amide bonds. The molecule has 2 heteroatoms. The van der Waals surface area contributed by atoms with Crippen LogP contribution in [0.15, 0.2) is 24.3 Å². The van der Waals surface area contributed by atoms with Gasteiger partial charge in [-0.25, -0.2) is 0 Å². The van der Waals surface area contributed by atoms with Crippen molar-refractivity contribution in [2.75, 3.05) is 31.1 Å². The number of para-hydroxylation sites is 1. The first kappa shape index (κ1) is 12.0. The van der Waals surface area contributed by atoms with Crippen LogP contribution < -0.4 is 10.2 Å². The van der Waals surface area contributed by atoms with Crippen molar-refractivity contribution in [2.24, 2.45) is 5.92 Å². The summed E-state index contributed by atoms with van der Waals surface area (Å²) in [4.78, 5) is 2.61. The van der Waals surface area contributed by atoms with Crippen LogP contribution in [-0.4, -0.2) is 26.2 Å². The van der Waals surface area contributed by atoms with E-state index in [2.05, 4.69) is 34.5 Å². The maximum absolute atomic E-state index is 3.45. The molecule has 1 N–H and O–H groups in total. The van der Waals surface area contributed by atoms with Crippen molar-refractivity contribution in [1.82, 2.24) is 5.32 Å². The normalized spacial score (nSPS) is 20.8. The number of aryl methyl sites for hydroxylation is 1. The van der Waals surface area contributed by atoms with E-state index in [1.807, 2.05) is 0 Å². The van der Waals surface area contributed by atoms with Gasteiger partial charge in [0.25, 0.3) is 0 Å². The summed E-state index contributed by atoms with van der Waals surface area (Å²) in [6.45, 7) is 4.95. The fourth-order valence-electron chi connectivity index (χ4n) is 3.35. The molecule has 0 bridgehead atoms. The smallest absolute Gasteiger partial charge is 0.0398 e. The minimum Gasteiger partial charge on any atom is -0.371 e. The number of anilines is 1. The van der Waals surface area contributed by atoms with Crippen LogP contribution in [-0.2, 0) is 6.42 Å². The predicted molar refractivity (Wildman–Crippen MR) is 77.2 cm³/mol. The highest BCUT2D eigenvalue weighted by Gasteiger charge is 2.18. The van der Waals surface area contributed by atoms with Crippen molar-refractivity contribution in [2.45, 2.75) is 32.1 Å². The van der Waals surface area contributed by atoms with Crippen molar-refractivity contribution in [3.63, 3.8) is 0 Å². The molecule has 2 heterocycles. The van der Waals surface area contributed by atoms with Crippen LogP contribution in [0.5, 0.6) is 0 Å². The highest BCUT2D eigenvalue weighted by atomic mass is 15.1. The summed E-state index contributed by atoms with van der Waals surface area (Å²) in [5, 5.41) is 3.45. The fraction of sp³-hybridized carbons (Fsp3) is 0.625. The molecule has 1 aromatic carbocycles. The van der Waals surface area contributed by atoms with E-state index in [9.17, 15) is 0 Å². The monoisotopic (exact) mass is 244 g/mol. The summed E-state index contributed by atoms with van der Waals surface area (Å²) in [6.07, 6.45) is 6.70. The van der Waals surface area contributed by atoms with Gasteiger partial charge in [-0.2, -0.15) is 0 Å². The van der Waals surface area contributed by atoms with Gasteiger partial charge in [0.05, 0.1) is 0 Å². The minimum atomic E-state index is 0.945. The summed E-state index contributed by atoms with van der Waals surface area (Å²) in [5.41, 5.74) is 3.05. The molecule has 0 aromatic heterocycles. The van der Waals surface area contributed by atoms with Gasteiger partial charge in [-0.3, -0.25) is 0 Å². The maximum Gasteiger partial charge on any atom is 0.0398 e. The van der Waals surface area contributed by atoms with Crippen molar-refractivity contribution >= 4 is 5.69 Å². The third-order valence-electron chi connectivity index (χ3n) is 4.47. The number of benzene rings is 1. The number of piperidine rings is 1. The lowest BCUT2D eigenvalue weighted by atomic mass is 9.93. The van der Waals surface area contributed by atoms with E-state index < -0.39 is 0 Å². The molecule has 1 aromatic rings. The Morgan fingerprint density at radius 2 is 2.00 bits per heavy atom. The zero-order chi connectivity index (χ0) is 12.2. The molecule has 1 saturated heterocycles. The Morgan fingerprint density at radius 3 is 2.89 bits per heavy atom. The van der Waals surface area contributed by atoms with Crippen LogP contribution in [0.3, 0.4) is 0 Å². The SMILES string of the molecule is c1ccc2c(c1)CCCN2CCC1CCNCC1. The highest BCUT2D eigenvalue weighted by molar-refractivity contribution is 5.55. The molecule has 2 aliphatic heterocycles. The first-order valence-corrected chi connectivity index (χ1v) is 7.47. The quantitative estimate of drug-likeness (QED) is 0.879. The summed E-state index contributed by atoms with van der Waals surface area (Å²) < 4.78 is 0. The standard InChI is InChI=1S/C16H24N2/c1-2-6-16-15(4-1)5-3-12-18(16)13-9-14-7-10-17-11-8-14/h1-2,4,6,14,17H,3,5,7-13H2. The van der Waals surface area contributed by atoms with Crippen LogP contribution >= 0.6 is 0 Å². The number of nitrogens with zero attached hydrogens (tertiary/aromatic N) is 1. The second kappa shape index (κ2) is 5.75. The van der Waals surface area contributed by atoms with Gasteiger partial charge in [-0.05, 0) is 62.7 Å². The van der Waals surface area contributed by atoms with Gasteiger partial charge in [-0.15, -0.1) is 0 Å². The third-order valence-corrected chi connectivity index (χ3v) is 4.47. The van der Waals surface area contributed by atoms with Gasteiger partial charge in [0.15, 0.2) is 0 Å². The largest absolute Gasteiger partial charge is 0.371 e. The zero-order valence-electron chi connectivity index (χ0n) is 11.2. The summed E-state index contributed by atoms with van der Waals surface area (Å²) in [6, 6.07) is 8.96. The van der Waals surface area contributed by atoms with Gasteiger partial charge < -0.3 is 10.2 Å². The average molecular weight is 244 g/mol. The number of nitrogens with one attached hydrogen (secondary N) is 1. The highest BCUT2D eigenvalue weighted by Crippen LogP contribution is 2.27. The Hall–Kier alpha value is -1.02. The molecule has 0 aliphatic carbocycles. The maximum atomic E-state index is 3.45. The van der Waals surface area contributed by atoms with E-state index in [0.29, 0.717) is 0 Å². The topological polar surface area (TPSA) is 15.3 Å². The second-order valence-corrected chi connectivity index (χ2v) is 5.70. The Bertz CT molecular complexity index is 382. The molecule has 2 aliphatic rings. The molecule has 18 heavy (non-hydrogen) atoms. The molecule has 0 saturated carbocycles. The average Bonchev–Trinajstić information content (AvgIpc) is 2.46. The molecule has 3 rings (SSSR count). The molecule has 0 atom stereocenters. The van der Waals surface area contributed by atoms with E-state index in [-0.39, 0.29) is 0 Å². The Balaban J connectivity index is 1.60. The van der Waals surface area contributed by atoms with Gasteiger partial charge in [-0.1, -0.05) is 18.2 Å². The number of fused-ring (bicyclic) bond motifs is 1. The number of hydrogen-bond acceptors (Lipinski definition) is 2. The van der Waals surface area contributed by atoms with E-state index >= 15 is 0 Å². The molecule has 2 nitrogen and oxygen atoms in total. The molecule has 1 fully saturated rings. The van der Waals surface area contributed by atoms with Crippen molar-refractivity contribution in [3.8, 4) is 0 Å². The lowest BCUT2D eigenvalue weighted by Gasteiger charge is -2.33. The van der Waals surface area contributed by atoms with Gasteiger partial charge in [0.2, 0.25) is 0 Å². The molecule has 98 valence electrons. The van der Waals surface area contributed by atoms with E-state index in [1.165, 1.54) is 64.0 Å². The molecule has 0 spiro atoms. The van der Waals surface area contributed by atoms with Crippen molar-refractivity contribution in [3.05, 3.63) is 29.8 Å². The van der Waals surface area contributed by atoms with Gasteiger partial charge >= 0.3 is 0 Å². The zero-order valence-corrected chi connectivity index (χ0v) is 11.2. The van der Waals surface area contributed by atoms with Crippen LogP contribution in [0.25, 0.3) is 0 Å². The van der Waals surface area contributed by atoms with Crippen molar-refractivity contribution < 1.29 is 0 Å². The van der Waals surface area contributed by atoms with Crippen LogP contribution in [0.2, 0.25) is 0 Å². The summed E-state index contributed by atoms with van der Waals surface area (Å²) >= 11 is 0. The Morgan fingerprint density at radius 1 is 1.17 bits per heavy atom. The van der Waals surface area contributed by atoms with Gasteiger partial charge in [0.1, 0.15) is 0 Å². The van der Waals surface area contributed by atoms with E-state index in [4.69, 9.17) is 0 Å². The number of hydrogen-bond donors (Lipinski definition) is 1. The third kappa shape index (κ3) is 2.69. The van der Waals surface area contributed by atoms with Crippen LogP contribution in [0.1, 0.15) is 31.2 Å². The van der Waals surface area contributed by atoms with E-state index in [0.717, 1.165) is 5.92 Å². The lowest BCUT2D eigenvalue weighted by molar-refractivity contribution is 0.354.